The fraction of sp³-hybridized carbons (Fsp3) is 0.684. The Morgan fingerprint density at radius 1 is 1.17 bits per heavy atom. The number of rotatable bonds is 8. The van der Waals surface area contributed by atoms with Gasteiger partial charge in [-0.3, -0.25) is 0 Å². The van der Waals surface area contributed by atoms with Crippen LogP contribution in [0, 0.1) is 6.92 Å². The molecule has 1 aliphatic rings. The molecule has 0 radical (unpaired) electrons. The minimum Gasteiger partial charge on any atom is -0.371 e. The Morgan fingerprint density at radius 3 is 2.52 bits per heavy atom. The molecule has 0 spiro atoms. The van der Waals surface area contributed by atoms with E-state index in [4.69, 9.17) is 11.6 Å². The normalized spacial score (nSPS) is 16.7. The second kappa shape index (κ2) is 9.51. The highest BCUT2D eigenvalue weighted by Crippen LogP contribution is 2.20. The number of hydrogen-bond acceptors (Lipinski definition) is 3. The van der Waals surface area contributed by atoms with Crippen molar-refractivity contribution in [3.8, 4) is 0 Å². The van der Waals surface area contributed by atoms with E-state index in [2.05, 4.69) is 53.8 Å². The first-order chi connectivity index (χ1) is 11.1. The summed E-state index contributed by atoms with van der Waals surface area (Å²) in [5.74, 6) is 0.680. The maximum Gasteiger partial charge on any atom is 0.0399 e. The zero-order valence-corrected chi connectivity index (χ0v) is 15.8. The van der Waals surface area contributed by atoms with Gasteiger partial charge in [-0.15, -0.1) is 11.6 Å². The standard InChI is InChI=1S/C19H32ClN3/c1-4-23(11-9-20)19-8-7-18(17(2)16-19)6-5-10-22-14-12-21(3)13-15-22/h7-8,16H,4-6,9-15H2,1-3H3. The van der Waals surface area contributed by atoms with Crippen LogP contribution >= 0.6 is 11.6 Å². The van der Waals surface area contributed by atoms with E-state index in [1.54, 1.807) is 0 Å². The lowest BCUT2D eigenvalue weighted by atomic mass is 10.0. The number of anilines is 1. The Labute approximate surface area is 147 Å². The highest BCUT2D eigenvalue weighted by atomic mass is 35.5. The first-order valence-corrected chi connectivity index (χ1v) is 9.48. The van der Waals surface area contributed by atoms with E-state index in [1.807, 2.05) is 0 Å². The number of halogens is 1. The summed E-state index contributed by atoms with van der Waals surface area (Å²) in [7, 11) is 2.21. The number of nitrogens with zero attached hydrogens (tertiary/aromatic N) is 3. The van der Waals surface area contributed by atoms with E-state index >= 15 is 0 Å². The molecule has 4 heteroatoms. The van der Waals surface area contributed by atoms with Gasteiger partial charge < -0.3 is 14.7 Å². The lowest BCUT2D eigenvalue weighted by Crippen LogP contribution is -2.44. The number of piperazine rings is 1. The Balaban J connectivity index is 1.83. The van der Waals surface area contributed by atoms with Gasteiger partial charge in [0.25, 0.3) is 0 Å². The summed E-state index contributed by atoms with van der Waals surface area (Å²) in [4.78, 5) is 7.36. The average Bonchev–Trinajstić information content (AvgIpc) is 2.56. The third-order valence-electron chi connectivity index (χ3n) is 4.94. The van der Waals surface area contributed by atoms with Gasteiger partial charge in [0.05, 0.1) is 0 Å². The SMILES string of the molecule is CCN(CCCl)c1ccc(CCCN2CCN(C)CC2)c(C)c1. The molecule has 0 aromatic heterocycles. The molecule has 2 rings (SSSR count). The molecule has 130 valence electrons. The van der Waals surface area contributed by atoms with Gasteiger partial charge in [0.2, 0.25) is 0 Å². The summed E-state index contributed by atoms with van der Waals surface area (Å²) < 4.78 is 0. The van der Waals surface area contributed by atoms with Crippen LogP contribution in [0.1, 0.15) is 24.5 Å². The summed E-state index contributed by atoms with van der Waals surface area (Å²) >= 11 is 5.90. The molecule has 0 amide bonds. The summed E-state index contributed by atoms with van der Waals surface area (Å²) in [6.45, 7) is 12.4. The Bertz CT molecular complexity index is 470. The topological polar surface area (TPSA) is 9.72 Å². The van der Waals surface area contributed by atoms with Crippen LogP contribution in [0.25, 0.3) is 0 Å². The number of hydrogen-bond donors (Lipinski definition) is 0. The Hall–Kier alpha value is -0.770. The van der Waals surface area contributed by atoms with Gasteiger partial charge in [-0.05, 0) is 63.5 Å². The molecule has 0 atom stereocenters. The molecule has 0 aliphatic carbocycles. The molecule has 1 aliphatic heterocycles. The first-order valence-electron chi connectivity index (χ1n) is 8.95. The molecular formula is C19H32ClN3. The van der Waals surface area contributed by atoms with Crippen LogP contribution in [0.4, 0.5) is 5.69 Å². The lowest BCUT2D eigenvalue weighted by molar-refractivity contribution is 0.153. The second-order valence-electron chi connectivity index (χ2n) is 6.63. The van der Waals surface area contributed by atoms with Crippen molar-refractivity contribution in [3.05, 3.63) is 29.3 Å². The quantitative estimate of drug-likeness (QED) is 0.674. The minimum atomic E-state index is 0.680. The van der Waals surface area contributed by atoms with E-state index in [0.717, 1.165) is 13.1 Å². The molecule has 1 heterocycles. The highest BCUT2D eigenvalue weighted by molar-refractivity contribution is 6.18. The van der Waals surface area contributed by atoms with Crippen LogP contribution in [0.15, 0.2) is 18.2 Å². The van der Waals surface area contributed by atoms with Gasteiger partial charge in [-0.2, -0.15) is 0 Å². The van der Waals surface area contributed by atoms with Crippen molar-refractivity contribution in [2.75, 3.05) is 63.6 Å². The molecule has 0 bridgehead atoms. The van der Waals surface area contributed by atoms with Crippen molar-refractivity contribution in [3.63, 3.8) is 0 Å². The predicted molar refractivity (Wildman–Crippen MR) is 102 cm³/mol. The molecule has 0 unspecified atom stereocenters. The van der Waals surface area contributed by atoms with Crippen molar-refractivity contribution >= 4 is 17.3 Å². The fourth-order valence-corrected chi connectivity index (χ4v) is 3.50. The number of aryl methyl sites for hydroxylation is 2. The Morgan fingerprint density at radius 2 is 1.91 bits per heavy atom. The highest BCUT2D eigenvalue weighted by Gasteiger charge is 2.13. The molecule has 1 aromatic carbocycles. The van der Waals surface area contributed by atoms with Crippen molar-refractivity contribution < 1.29 is 0 Å². The van der Waals surface area contributed by atoms with Crippen molar-refractivity contribution in [1.82, 2.24) is 9.80 Å². The van der Waals surface area contributed by atoms with Crippen LogP contribution in [0.5, 0.6) is 0 Å². The van der Waals surface area contributed by atoms with Gasteiger partial charge in [-0.25, -0.2) is 0 Å². The molecule has 3 nitrogen and oxygen atoms in total. The average molecular weight is 338 g/mol. The van der Waals surface area contributed by atoms with E-state index in [-0.39, 0.29) is 0 Å². The second-order valence-corrected chi connectivity index (χ2v) is 7.01. The van der Waals surface area contributed by atoms with Gasteiger partial charge in [0.15, 0.2) is 0 Å². The predicted octanol–water partition coefficient (Wildman–Crippen LogP) is 3.24. The smallest absolute Gasteiger partial charge is 0.0399 e. The summed E-state index contributed by atoms with van der Waals surface area (Å²) in [5.41, 5.74) is 4.20. The van der Waals surface area contributed by atoms with Crippen LogP contribution in [-0.2, 0) is 6.42 Å². The number of likely N-dealkylation sites (N-methyl/N-ethyl adjacent to an activating group) is 1. The third-order valence-corrected chi connectivity index (χ3v) is 5.11. The van der Waals surface area contributed by atoms with E-state index < -0.39 is 0 Å². The van der Waals surface area contributed by atoms with Crippen molar-refractivity contribution in [1.29, 1.82) is 0 Å². The van der Waals surface area contributed by atoms with Crippen LogP contribution in [0.2, 0.25) is 0 Å². The van der Waals surface area contributed by atoms with E-state index in [0.29, 0.717) is 5.88 Å². The van der Waals surface area contributed by atoms with Crippen molar-refractivity contribution in [2.24, 2.45) is 0 Å². The van der Waals surface area contributed by atoms with Crippen molar-refractivity contribution in [2.45, 2.75) is 26.7 Å². The fourth-order valence-electron chi connectivity index (χ4n) is 3.29. The summed E-state index contributed by atoms with van der Waals surface area (Å²) in [6.07, 6.45) is 2.43. The number of benzene rings is 1. The third kappa shape index (κ3) is 5.66. The summed E-state index contributed by atoms with van der Waals surface area (Å²) in [5, 5.41) is 0. The molecule has 1 saturated heterocycles. The van der Waals surface area contributed by atoms with E-state index in [1.165, 1.54) is 62.4 Å². The van der Waals surface area contributed by atoms with Crippen LogP contribution in [0.3, 0.4) is 0 Å². The first kappa shape index (κ1) is 18.6. The zero-order valence-electron chi connectivity index (χ0n) is 15.0. The molecule has 1 aromatic rings. The Kier molecular flexibility index (Phi) is 7.68. The van der Waals surface area contributed by atoms with Gasteiger partial charge in [0, 0.05) is 50.8 Å². The molecule has 1 fully saturated rings. The molecule has 0 saturated carbocycles. The van der Waals surface area contributed by atoms with Crippen LogP contribution in [-0.4, -0.2) is 68.5 Å². The summed E-state index contributed by atoms with van der Waals surface area (Å²) in [6, 6.07) is 6.89. The van der Waals surface area contributed by atoms with Gasteiger partial charge >= 0.3 is 0 Å². The largest absolute Gasteiger partial charge is 0.371 e. The molecule has 23 heavy (non-hydrogen) atoms. The monoisotopic (exact) mass is 337 g/mol. The maximum absolute atomic E-state index is 5.90. The van der Waals surface area contributed by atoms with Gasteiger partial charge in [0.1, 0.15) is 0 Å². The van der Waals surface area contributed by atoms with Crippen LogP contribution < -0.4 is 4.90 Å². The zero-order chi connectivity index (χ0) is 16.7. The van der Waals surface area contributed by atoms with Gasteiger partial charge in [-0.1, -0.05) is 6.07 Å². The maximum atomic E-state index is 5.90. The molecular weight excluding hydrogens is 306 g/mol. The number of alkyl halides is 1. The minimum absolute atomic E-state index is 0.680. The van der Waals surface area contributed by atoms with E-state index in [9.17, 15) is 0 Å². The molecule has 0 N–H and O–H groups in total. The lowest BCUT2D eigenvalue weighted by Gasteiger charge is -2.32.